The quantitative estimate of drug-likeness (QED) is 0.655. The van der Waals surface area contributed by atoms with Gasteiger partial charge in [-0.1, -0.05) is 42.5 Å². The molecule has 1 heterocycles. The lowest BCUT2D eigenvalue weighted by Crippen LogP contribution is -1.92. The van der Waals surface area contributed by atoms with Crippen molar-refractivity contribution in [3.8, 4) is 0 Å². The molecule has 0 atom stereocenters. The van der Waals surface area contributed by atoms with E-state index in [-0.39, 0.29) is 5.78 Å². The van der Waals surface area contributed by atoms with Crippen LogP contribution in [0.3, 0.4) is 0 Å². The number of Topliss-reactive ketones (excluding diaryl/α,β-unsaturated/α-hetero) is 1. The molecule has 0 aliphatic heterocycles. The highest BCUT2D eigenvalue weighted by Gasteiger charge is 2.09. The molecule has 2 aromatic carbocycles. The molecule has 0 bridgehead atoms. The fourth-order valence-electron chi connectivity index (χ4n) is 2.64. The summed E-state index contributed by atoms with van der Waals surface area (Å²) < 4.78 is 2.10. The molecule has 2 nitrogen and oxygen atoms in total. The zero-order valence-electron chi connectivity index (χ0n) is 11.8. The average Bonchev–Trinajstić information content (AvgIpc) is 2.76. The van der Waals surface area contributed by atoms with E-state index < -0.39 is 0 Å². The van der Waals surface area contributed by atoms with E-state index in [9.17, 15) is 4.79 Å². The molecule has 0 amide bonds. The van der Waals surface area contributed by atoms with Crippen LogP contribution in [0.15, 0.2) is 54.7 Å². The zero-order valence-corrected chi connectivity index (χ0v) is 11.8. The summed E-state index contributed by atoms with van der Waals surface area (Å²) in [6, 6.07) is 16.4. The Balaban J connectivity index is 2.07. The van der Waals surface area contributed by atoms with E-state index >= 15 is 0 Å². The van der Waals surface area contributed by atoms with Gasteiger partial charge in [0.05, 0.1) is 0 Å². The van der Waals surface area contributed by atoms with Crippen LogP contribution in [0.1, 0.15) is 28.4 Å². The number of nitrogens with zero attached hydrogens (tertiary/aromatic N) is 1. The van der Waals surface area contributed by atoms with Crippen molar-refractivity contribution >= 4 is 16.7 Å². The number of carbonyl (C=O) groups excluding carboxylic acids is 1. The van der Waals surface area contributed by atoms with Gasteiger partial charge < -0.3 is 4.57 Å². The third-order valence-corrected chi connectivity index (χ3v) is 3.72. The van der Waals surface area contributed by atoms with Crippen LogP contribution in [0.2, 0.25) is 0 Å². The van der Waals surface area contributed by atoms with Crippen LogP contribution < -0.4 is 0 Å². The van der Waals surface area contributed by atoms with Gasteiger partial charge in [0, 0.05) is 29.7 Å². The summed E-state index contributed by atoms with van der Waals surface area (Å²) in [4.78, 5) is 11.5. The Hall–Kier alpha value is -2.35. The van der Waals surface area contributed by atoms with E-state index in [0.29, 0.717) is 0 Å². The number of hydrogen-bond donors (Lipinski definition) is 0. The van der Waals surface area contributed by atoms with Crippen molar-refractivity contribution in [3.63, 3.8) is 0 Å². The van der Waals surface area contributed by atoms with Crippen LogP contribution in [0.5, 0.6) is 0 Å². The number of benzene rings is 2. The Kier molecular flexibility index (Phi) is 3.15. The van der Waals surface area contributed by atoms with Gasteiger partial charge in [0.25, 0.3) is 0 Å². The number of carbonyl (C=O) groups is 1. The van der Waals surface area contributed by atoms with Gasteiger partial charge in [-0.15, -0.1) is 0 Å². The minimum Gasteiger partial charge on any atom is -0.350 e. The Morgan fingerprint density at radius 3 is 2.55 bits per heavy atom. The first-order valence-corrected chi connectivity index (χ1v) is 6.78. The fraction of sp³-hybridized carbons (Fsp3) is 0.167. The molecule has 0 saturated heterocycles. The SMILES string of the molecule is CC(=O)c1ccc2c(Cc3ccccc3)cn(C)c2c1. The second kappa shape index (κ2) is 4.97. The summed E-state index contributed by atoms with van der Waals surface area (Å²) in [6.07, 6.45) is 3.07. The second-order valence-electron chi connectivity index (χ2n) is 5.22. The minimum absolute atomic E-state index is 0.109. The predicted octanol–water partition coefficient (Wildman–Crippen LogP) is 3.97. The Labute approximate surface area is 118 Å². The molecule has 0 radical (unpaired) electrons. The number of rotatable bonds is 3. The second-order valence-corrected chi connectivity index (χ2v) is 5.22. The van der Waals surface area contributed by atoms with Crippen LogP contribution in [-0.2, 0) is 13.5 Å². The highest BCUT2D eigenvalue weighted by molar-refractivity contribution is 5.98. The highest BCUT2D eigenvalue weighted by Crippen LogP contribution is 2.24. The van der Waals surface area contributed by atoms with Crippen molar-refractivity contribution in [3.05, 3.63) is 71.4 Å². The Morgan fingerprint density at radius 2 is 1.85 bits per heavy atom. The summed E-state index contributed by atoms with van der Waals surface area (Å²) in [5, 5.41) is 1.22. The molecule has 2 heteroatoms. The number of aromatic nitrogens is 1. The summed E-state index contributed by atoms with van der Waals surface area (Å²) in [5.74, 6) is 0.109. The minimum atomic E-state index is 0.109. The first-order chi connectivity index (χ1) is 9.65. The highest BCUT2D eigenvalue weighted by atomic mass is 16.1. The van der Waals surface area contributed by atoms with Crippen LogP contribution in [0.25, 0.3) is 10.9 Å². The number of aryl methyl sites for hydroxylation is 1. The third kappa shape index (κ3) is 2.25. The van der Waals surface area contributed by atoms with Gasteiger partial charge in [-0.2, -0.15) is 0 Å². The maximum Gasteiger partial charge on any atom is 0.159 e. The van der Waals surface area contributed by atoms with E-state index in [2.05, 4.69) is 41.1 Å². The third-order valence-electron chi connectivity index (χ3n) is 3.72. The lowest BCUT2D eigenvalue weighted by atomic mass is 10.0. The van der Waals surface area contributed by atoms with Crippen molar-refractivity contribution in [1.82, 2.24) is 4.57 Å². The molecule has 1 aromatic heterocycles. The van der Waals surface area contributed by atoms with Gasteiger partial charge in [-0.25, -0.2) is 0 Å². The Bertz CT molecular complexity index is 769. The van der Waals surface area contributed by atoms with Crippen molar-refractivity contribution < 1.29 is 4.79 Å². The van der Waals surface area contributed by atoms with Gasteiger partial charge in [-0.3, -0.25) is 4.79 Å². The topological polar surface area (TPSA) is 22.0 Å². The molecule has 0 fully saturated rings. The standard InChI is InChI=1S/C18H17NO/c1-13(20)15-8-9-17-16(12-19(2)18(17)11-15)10-14-6-4-3-5-7-14/h3-9,11-12H,10H2,1-2H3. The van der Waals surface area contributed by atoms with E-state index in [4.69, 9.17) is 0 Å². The van der Waals surface area contributed by atoms with Crippen LogP contribution >= 0.6 is 0 Å². The van der Waals surface area contributed by atoms with E-state index in [1.165, 1.54) is 16.5 Å². The van der Waals surface area contributed by atoms with Crippen molar-refractivity contribution in [1.29, 1.82) is 0 Å². The summed E-state index contributed by atoms with van der Waals surface area (Å²) in [6.45, 7) is 1.61. The Morgan fingerprint density at radius 1 is 1.10 bits per heavy atom. The lowest BCUT2D eigenvalue weighted by Gasteiger charge is -2.01. The molecular formula is C18H17NO. The van der Waals surface area contributed by atoms with Crippen LogP contribution in [-0.4, -0.2) is 10.4 Å². The summed E-state index contributed by atoms with van der Waals surface area (Å²) in [7, 11) is 2.03. The van der Waals surface area contributed by atoms with Crippen LogP contribution in [0, 0.1) is 0 Å². The summed E-state index contributed by atoms with van der Waals surface area (Å²) >= 11 is 0. The van der Waals surface area contributed by atoms with Crippen molar-refractivity contribution in [2.45, 2.75) is 13.3 Å². The average molecular weight is 263 g/mol. The molecule has 0 aliphatic rings. The summed E-state index contributed by atoms with van der Waals surface area (Å²) in [5.41, 5.74) is 4.48. The van der Waals surface area contributed by atoms with Gasteiger partial charge in [0.1, 0.15) is 0 Å². The molecule has 100 valence electrons. The molecule has 0 N–H and O–H groups in total. The van der Waals surface area contributed by atoms with Crippen molar-refractivity contribution in [2.24, 2.45) is 7.05 Å². The van der Waals surface area contributed by atoms with Crippen molar-refractivity contribution in [2.75, 3.05) is 0 Å². The van der Waals surface area contributed by atoms with E-state index in [0.717, 1.165) is 17.5 Å². The maximum absolute atomic E-state index is 11.5. The molecule has 0 saturated carbocycles. The molecule has 20 heavy (non-hydrogen) atoms. The predicted molar refractivity (Wildman–Crippen MR) is 82.2 cm³/mol. The van der Waals surface area contributed by atoms with Gasteiger partial charge >= 0.3 is 0 Å². The van der Waals surface area contributed by atoms with Crippen LogP contribution in [0.4, 0.5) is 0 Å². The molecule has 3 rings (SSSR count). The molecular weight excluding hydrogens is 246 g/mol. The largest absolute Gasteiger partial charge is 0.350 e. The van der Waals surface area contributed by atoms with Gasteiger partial charge in [0.2, 0.25) is 0 Å². The zero-order chi connectivity index (χ0) is 14.1. The number of hydrogen-bond acceptors (Lipinski definition) is 1. The first-order valence-electron chi connectivity index (χ1n) is 6.78. The molecule has 3 aromatic rings. The smallest absolute Gasteiger partial charge is 0.159 e. The maximum atomic E-state index is 11.5. The monoisotopic (exact) mass is 263 g/mol. The van der Waals surface area contributed by atoms with E-state index in [1.54, 1.807) is 6.92 Å². The van der Waals surface area contributed by atoms with E-state index in [1.807, 2.05) is 25.2 Å². The number of ketones is 1. The fourth-order valence-corrected chi connectivity index (χ4v) is 2.64. The lowest BCUT2D eigenvalue weighted by molar-refractivity contribution is 0.101. The number of fused-ring (bicyclic) bond motifs is 1. The normalized spacial score (nSPS) is 10.9. The molecule has 0 spiro atoms. The molecule has 0 aliphatic carbocycles. The van der Waals surface area contributed by atoms with Gasteiger partial charge in [0.15, 0.2) is 5.78 Å². The first kappa shape index (κ1) is 12.7. The van der Waals surface area contributed by atoms with Gasteiger partial charge in [-0.05, 0) is 30.5 Å². The molecule has 0 unspecified atom stereocenters.